The number of rotatable bonds is 4. The minimum atomic E-state index is 0.111. The topological polar surface area (TPSA) is 71.7 Å². The van der Waals surface area contributed by atoms with Crippen molar-refractivity contribution in [1.82, 2.24) is 19.9 Å². The van der Waals surface area contributed by atoms with E-state index in [1.807, 2.05) is 11.8 Å². The van der Waals surface area contributed by atoms with E-state index in [9.17, 15) is 4.79 Å². The van der Waals surface area contributed by atoms with Gasteiger partial charge in [0.2, 0.25) is 11.8 Å². The molecular formula is C17H28N4O3. The smallest absolute Gasteiger partial charge is 0.226 e. The molecule has 2 atom stereocenters. The summed E-state index contributed by atoms with van der Waals surface area (Å²) in [5, 5.41) is 4.00. The highest BCUT2D eigenvalue weighted by Crippen LogP contribution is 2.26. The van der Waals surface area contributed by atoms with E-state index in [1.54, 1.807) is 0 Å². The highest BCUT2D eigenvalue weighted by molar-refractivity contribution is 5.79. The second kappa shape index (κ2) is 7.61. The Balaban J connectivity index is 1.48. The van der Waals surface area contributed by atoms with Crippen molar-refractivity contribution in [2.24, 2.45) is 5.92 Å². The third kappa shape index (κ3) is 4.13. The van der Waals surface area contributed by atoms with Crippen LogP contribution < -0.4 is 0 Å². The molecule has 0 saturated carbocycles. The summed E-state index contributed by atoms with van der Waals surface area (Å²) in [7, 11) is 0. The molecule has 2 aliphatic heterocycles. The van der Waals surface area contributed by atoms with E-state index in [1.165, 1.54) is 0 Å². The Bertz CT molecular complexity index is 544. The van der Waals surface area contributed by atoms with Gasteiger partial charge in [-0.3, -0.25) is 9.69 Å². The fraction of sp³-hybridized carbons (Fsp3) is 0.824. The van der Waals surface area contributed by atoms with Gasteiger partial charge < -0.3 is 14.2 Å². The lowest BCUT2D eigenvalue weighted by Gasteiger charge is -2.38. The van der Waals surface area contributed by atoms with Crippen molar-refractivity contribution in [3.8, 4) is 0 Å². The van der Waals surface area contributed by atoms with Crippen LogP contribution >= 0.6 is 0 Å². The Morgan fingerprint density at radius 2 is 1.83 bits per heavy atom. The predicted octanol–water partition coefficient (Wildman–Crippen LogP) is 1.48. The fourth-order valence-corrected chi connectivity index (χ4v) is 3.69. The van der Waals surface area contributed by atoms with Crippen molar-refractivity contribution >= 4 is 5.91 Å². The third-order valence-corrected chi connectivity index (χ3v) is 4.91. The van der Waals surface area contributed by atoms with Gasteiger partial charge in [0.15, 0.2) is 5.82 Å². The summed E-state index contributed by atoms with van der Waals surface area (Å²) >= 11 is 0. The van der Waals surface area contributed by atoms with E-state index in [4.69, 9.17) is 9.26 Å². The molecule has 1 amide bonds. The minimum Gasteiger partial charge on any atom is -0.376 e. The molecule has 3 heterocycles. The Labute approximate surface area is 143 Å². The van der Waals surface area contributed by atoms with Crippen LogP contribution in [0.2, 0.25) is 0 Å². The van der Waals surface area contributed by atoms with Gasteiger partial charge >= 0.3 is 0 Å². The van der Waals surface area contributed by atoms with E-state index in [2.05, 4.69) is 28.9 Å². The second-order valence-electron chi connectivity index (χ2n) is 6.98. The first-order valence-electron chi connectivity index (χ1n) is 9.03. The van der Waals surface area contributed by atoms with Crippen LogP contribution in [0.4, 0.5) is 0 Å². The highest BCUT2D eigenvalue weighted by Gasteiger charge is 2.33. The summed E-state index contributed by atoms with van der Waals surface area (Å²) in [5.74, 6) is 1.82. The van der Waals surface area contributed by atoms with Crippen LogP contribution in [-0.4, -0.2) is 64.2 Å². The van der Waals surface area contributed by atoms with Crippen molar-refractivity contribution in [2.75, 3.05) is 26.2 Å². The zero-order chi connectivity index (χ0) is 17.1. The average molecular weight is 336 g/mol. The molecule has 2 unspecified atom stereocenters. The summed E-state index contributed by atoms with van der Waals surface area (Å²) < 4.78 is 10.9. The molecule has 0 aromatic carbocycles. The fourth-order valence-electron chi connectivity index (χ4n) is 3.69. The maximum atomic E-state index is 12.8. The monoisotopic (exact) mass is 336 g/mol. The van der Waals surface area contributed by atoms with Crippen LogP contribution in [-0.2, 0) is 22.5 Å². The van der Waals surface area contributed by atoms with E-state index in [0.717, 1.165) is 51.3 Å². The lowest BCUT2D eigenvalue weighted by atomic mass is 9.91. The van der Waals surface area contributed by atoms with Gasteiger partial charge in [-0.2, -0.15) is 4.98 Å². The quantitative estimate of drug-likeness (QED) is 0.829. The minimum absolute atomic E-state index is 0.111. The molecule has 0 spiro atoms. The van der Waals surface area contributed by atoms with Gasteiger partial charge in [-0.25, -0.2) is 0 Å². The Morgan fingerprint density at radius 1 is 1.17 bits per heavy atom. The second-order valence-corrected chi connectivity index (χ2v) is 6.98. The Kier molecular flexibility index (Phi) is 5.50. The molecular weight excluding hydrogens is 308 g/mol. The highest BCUT2D eigenvalue weighted by atomic mass is 16.5. The molecule has 7 nitrogen and oxygen atoms in total. The third-order valence-electron chi connectivity index (χ3n) is 4.91. The largest absolute Gasteiger partial charge is 0.376 e. The maximum Gasteiger partial charge on any atom is 0.226 e. The first-order valence-corrected chi connectivity index (χ1v) is 9.03. The molecule has 24 heavy (non-hydrogen) atoms. The van der Waals surface area contributed by atoms with Crippen LogP contribution in [0.15, 0.2) is 4.52 Å². The SMILES string of the molecule is CCc1nc(CN2CCN(C(=O)C3CC(C)OC(C)C3)CC2)no1. The summed E-state index contributed by atoms with van der Waals surface area (Å²) in [5.41, 5.74) is 0. The number of hydrogen-bond acceptors (Lipinski definition) is 6. The molecule has 0 N–H and O–H groups in total. The van der Waals surface area contributed by atoms with E-state index < -0.39 is 0 Å². The Morgan fingerprint density at radius 3 is 2.42 bits per heavy atom. The molecule has 7 heteroatoms. The molecule has 2 saturated heterocycles. The average Bonchev–Trinajstić information content (AvgIpc) is 3.01. The van der Waals surface area contributed by atoms with Crippen molar-refractivity contribution in [2.45, 2.75) is 58.8 Å². The summed E-state index contributed by atoms with van der Waals surface area (Å²) in [6, 6.07) is 0. The van der Waals surface area contributed by atoms with Crippen LogP contribution in [0, 0.1) is 5.92 Å². The number of aromatic nitrogens is 2. The van der Waals surface area contributed by atoms with E-state index in [-0.39, 0.29) is 18.1 Å². The van der Waals surface area contributed by atoms with Crippen LogP contribution in [0.5, 0.6) is 0 Å². The molecule has 134 valence electrons. The molecule has 2 fully saturated rings. The number of hydrogen-bond donors (Lipinski definition) is 0. The van der Waals surface area contributed by atoms with Crippen molar-refractivity contribution in [3.63, 3.8) is 0 Å². The lowest BCUT2D eigenvalue weighted by Crippen LogP contribution is -2.51. The number of nitrogens with zero attached hydrogens (tertiary/aromatic N) is 4. The first-order chi connectivity index (χ1) is 11.5. The van der Waals surface area contributed by atoms with Crippen molar-refractivity contribution in [3.05, 3.63) is 11.7 Å². The van der Waals surface area contributed by atoms with Gasteiger partial charge in [0.05, 0.1) is 18.8 Å². The van der Waals surface area contributed by atoms with Crippen LogP contribution in [0.3, 0.4) is 0 Å². The summed E-state index contributed by atoms with van der Waals surface area (Å²) in [6.45, 7) is 10.1. The van der Waals surface area contributed by atoms with Gasteiger partial charge in [0, 0.05) is 38.5 Å². The predicted molar refractivity (Wildman–Crippen MR) is 88.3 cm³/mol. The van der Waals surface area contributed by atoms with Gasteiger partial charge in [-0.15, -0.1) is 0 Å². The number of ether oxygens (including phenoxy) is 1. The van der Waals surface area contributed by atoms with Gasteiger partial charge in [-0.05, 0) is 26.7 Å². The van der Waals surface area contributed by atoms with Crippen LogP contribution in [0.25, 0.3) is 0 Å². The Hall–Kier alpha value is -1.47. The molecule has 1 aromatic heterocycles. The lowest BCUT2D eigenvalue weighted by molar-refractivity contribution is -0.145. The molecule has 0 aliphatic carbocycles. The number of amides is 1. The summed E-state index contributed by atoms with van der Waals surface area (Å²) in [4.78, 5) is 21.4. The van der Waals surface area contributed by atoms with Crippen molar-refractivity contribution in [1.29, 1.82) is 0 Å². The van der Waals surface area contributed by atoms with E-state index in [0.29, 0.717) is 18.3 Å². The van der Waals surface area contributed by atoms with Gasteiger partial charge in [0.25, 0.3) is 0 Å². The normalized spacial score (nSPS) is 29.0. The molecule has 0 bridgehead atoms. The summed E-state index contributed by atoms with van der Waals surface area (Å²) in [6.07, 6.45) is 2.79. The van der Waals surface area contributed by atoms with Gasteiger partial charge in [-0.1, -0.05) is 12.1 Å². The first kappa shape index (κ1) is 17.4. The number of carbonyl (C=O) groups is 1. The molecule has 3 rings (SSSR count). The zero-order valence-electron chi connectivity index (χ0n) is 14.9. The van der Waals surface area contributed by atoms with Gasteiger partial charge in [0.1, 0.15) is 0 Å². The van der Waals surface area contributed by atoms with E-state index >= 15 is 0 Å². The zero-order valence-corrected chi connectivity index (χ0v) is 14.9. The van der Waals surface area contributed by atoms with Crippen LogP contribution in [0.1, 0.15) is 45.3 Å². The maximum absolute atomic E-state index is 12.8. The molecule has 1 aromatic rings. The van der Waals surface area contributed by atoms with Crippen molar-refractivity contribution < 1.29 is 14.1 Å². The standard InChI is InChI=1S/C17H28N4O3/c1-4-16-18-15(19-24-16)11-20-5-7-21(8-6-20)17(22)14-9-12(2)23-13(3)10-14/h12-14H,4-11H2,1-3H3. The number of carbonyl (C=O) groups excluding carboxylic acids is 1. The number of aryl methyl sites for hydroxylation is 1. The molecule has 0 radical (unpaired) electrons. The molecule has 2 aliphatic rings. The number of piperazine rings is 1.